The van der Waals surface area contributed by atoms with Crippen LogP contribution in [-0.4, -0.2) is 120 Å². The molecule has 188 valence electrons. The minimum atomic E-state index is -1.65. The largest absolute Gasteiger partial charge is 0.493 e. The molecule has 0 aliphatic carbocycles. The zero-order chi connectivity index (χ0) is 24.3. The van der Waals surface area contributed by atoms with E-state index >= 15 is 0 Å². The van der Waals surface area contributed by atoms with E-state index in [9.17, 15) is 30.6 Å². The number of aliphatic hydroxyl groups excluding tert-OH is 6. The van der Waals surface area contributed by atoms with Crippen LogP contribution in [0.3, 0.4) is 0 Å². The van der Waals surface area contributed by atoms with E-state index in [0.717, 1.165) is 0 Å². The van der Waals surface area contributed by atoms with Gasteiger partial charge in [0.1, 0.15) is 48.5 Å². The fraction of sp³-hybridized carbons (Fsp3) is 0.700. The summed E-state index contributed by atoms with van der Waals surface area (Å²) in [5.41, 5.74) is 0. The SMILES string of the molecule is COc1cc(O[C@H]2O[C@H](CO[C@H]3OC[C@@H](O)[C@@H](O)[C@@H]3O)[C@@H](O)[C@H](O)[C@H]2O)cc(OC)c1OC. The molecule has 2 saturated heterocycles. The molecule has 0 saturated carbocycles. The summed E-state index contributed by atoms with van der Waals surface area (Å²) in [6, 6.07) is 2.92. The molecule has 2 heterocycles. The zero-order valence-corrected chi connectivity index (χ0v) is 18.3. The van der Waals surface area contributed by atoms with Gasteiger partial charge in [0.05, 0.1) is 34.5 Å². The van der Waals surface area contributed by atoms with E-state index in [1.807, 2.05) is 0 Å². The molecule has 0 amide bonds. The number of hydrogen-bond acceptors (Lipinski definition) is 13. The smallest absolute Gasteiger partial charge is 0.229 e. The first kappa shape index (κ1) is 25.7. The highest BCUT2D eigenvalue weighted by Crippen LogP contribution is 2.41. The van der Waals surface area contributed by atoms with Crippen LogP contribution in [-0.2, 0) is 14.2 Å². The van der Waals surface area contributed by atoms with Crippen LogP contribution in [0.25, 0.3) is 0 Å². The van der Waals surface area contributed by atoms with E-state index in [0.29, 0.717) is 5.75 Å². The van der Waals surface area contributed by atoms with Crippen LogP contribution in [0.2, 0.25) is 0 Å². The van der Waals surface area contributed by atoms with Crippen LogP contribution in [0.1, 0.15) is 0 Å². The average Bonchev–Trinajstić information content (AvgIpc) is 2.82. The monoisotopic (exact) mass is 478 g/mol. The van der Waals surface area contributed by atoms with E-state index in [1.54, 1.807) is 0 Å². The summed E-state index contributed by atoms with van der Waals surface area (Å²) in [6.07, 6.45) is -13.1. The molecule has 2 aliphatic rings. The van der Waals surface area contributed by atoms with Crippen molar-refractivity contribution in [2.45, 2.75) is 55.3 Å². The van der Waals surface area contributed by atoms with Gasteiger partial charge >= 0.3 is 0 Å². The van der Waals surface area contributed by atoms with Gasteiger partial charge in [-0.15, -0.1) is 0 Å². The summed E-state index contributed by atoms with van der Waals surface area (Å²) < 4.78 is 37.5. The van der Waals surface area contributed by atoms with Crippen molar-refractivity contribution in [1.29, 1.82) is 0 Å². The summed E-state index contributed by atoms with van der Waals surface area (Å²) in [6.45, 7) is -0.671. The fourth-order valence-electron chi connectivity index (χ4n) is 3.53. The third kappa shape index (κ3) is 5.42. The second-order valence-electron chi connectivity index (χ2n) is 7.58. The second-order valence-corrected chi connectivity index (χ2v) is 7.58. The van der Waals surface area contributed by atoms with Crippen molar-refractivity contribution in [2.75, 3.05) is 34.5 Å². The topological polar surface area (TPSA) is 186 Å². The lowest BCUT2D eigenvalue weighted by Gasteiger charge is -2.41. The maximum Gasteiger partial charge on any atom is 0.229 e. The molecule has 9 atom stereocenters. The number of rotatable bonds is 8. The van der Waals surface area contributed by atoms with Crippen molar-refractivity contribution in [3.8, 4) is 23.0 Å². The summed E-state index contributed by atoms with van der Waals surface area (Å²) >= 11 is 0. The fourth-order valence-corrected chi connectivity index (χ4v) is 3.53. The molecule has 2 aliphatic heterocycles. The van der Waals surface area contributed by atoms with Crippen LogP contribution in [0.15, 0.2) is 12.1 Å². The first-order chi connectivity index (χ1) is 15.7. The maximum absolute atomic E-state index is 10.4. The maximum atomic E-state index is 10.4. The first-order valence-corrected chi connectivity index (χ1v) is 10.2. The van der Waals surface area contributed by atoms with E-state index in [2.05, 4.69) is 0 Å². The summed E-state index contributed by atoms with van der Waals surface area (Å²) in [4.78, 5) is 0. The predicted octanol–water partition coefficient (Wildman–Crippen LogP) is -2.65. The molecule has 0 bridgehead atoms. The Hall–Kier alpha value is -1.94. The van der Waals surface area contributed by atoms with Gasteiger partial charge in [-0.1, -0.05) is 0 Å². The van der Waals surface area contributed by atoms with E-state index in [4.69, 9.17) is 33.2 Å². The van der Waals surface area contributed by atoms with Crippen LogP contribution >= 0.6 is 0 Å². The predicted molar refractivity (Wildman–Crippen MR) is 107 cm³/mol. The normalized spacial score (nSPS) is 36.8. The molecule has 0 spiro atoms. The standard InChI is InChI=1S/C20H30O13/c1-27-10-4-8(5-11(28-2)18(10)29-3)32-20-17(26)15(24)14(23)12(33-20)7-31-19-16(25)13(22)9(21)6-30-19/h4-5,9,12-17,19-26H,6-7H2,1-3H3/t9-,12-,13-,14-,15+,16+,17-,19-,20+/m1/s1. The Bertz CT molecular complexity index is 751. The number of ether oxygens (including phenoxy) is 7. The third-order valence-corrected chi connectivity index (χ3v) is 5.44. The molecular weight excluding hydrogens is 448 g/mol. The molecule has 1 aromatic rings. The lowest BCUT2D eigenvalue weighted by molar-refractivity contribution is -0.307. The number of benzene rings is 1. The van der Waals surface area contributed by atoms with Crippen molar-refractivity contribution in [2.24, 2.45) is 0 Å². The van der Waals surface area contributed by atoms with Crippen LogP contribution in [0, 0.1) is 0 Å². The van der Waals surface area contributed by atoms with Gasteiger partial charge in [-0.25, -0.2) is 0 Å². The summed E-state index contributed by atoms with van der Waals surface area (Å²) in [7, 11) is 4.26. The quantitative estimate of drug-likeness (QED) is 0.228. The minimum Gasteiger partial charge on any atom is -0.493 e. The molecule has 2 fully saturated rings. The van der Waals surface area contributed by atoms with Crippen molar-refractivity contribution in [3.63, 3.8) is 0 Å². The van der Waals surface area contributed by atoms with Crippen LogP contribution in [0.5, 0.6) is 23.0 Å². The Balaban J connectivity index is 1.71. The van der Waals surface area contributed by atoms with Crippen LogP contribution in [0.4, 0.5) is 0 Å². The van der Waals surface area contributed by atoms with Gasteiger partial charge in [0.15, 0.2) is 17.8 Å². The number of hydrogen-bond donors (Lipinski definition) is 6. The molecule has 6 N–H and O–H groups in total. The average molecular weight is 478 g/mol. The summed E-state index contributed by atoms with van der Waals surface area (Å²) in [5, 5.41) is 60.2. The van der Waals surface area contributed by atoms with E-state index in [1.165, 1.54) is 33.5 Å². The zero-order valence-electron chi connectivity index (χ0n) is 18.3. The van der Waals surface area contributed by atoms with Gasteiger partial charge in [-0.05, 0) is 0 Å². The van der Waals surface area contributed by atoms with Gasteiger partial charge < -0.3 is 63.8 Å². The van der Waals surface area contributed by atoms with Gasteiger partial charge in [0.2, 0.25) is 12.0 Å². The van der Waals surface area contributed by atoms with Gasteiger partial charge in [-0.3, -0.25) is 0 Å². The molecule has 13 nitrogen and oxygen atoms in total. The van der Waals surface area contributed by atoms with Crippen molar-refractivity contribution in [3.05, 3.63) is 12.1 Å². The third-order valence-electron chi connectivity index (χ3n) is 5.44. The number of methoxy groups -OCH3 is 3. The molecule has 33 heavy (non-hydrogen) atoms. The van der Waals surface area contributed by atoms with E-state index in [-0.39, 0.29) is 23.9 Å². The highest BCUT2D eigenvalue weighted by Gasteiger charge is 2.46. The minimum absolute atomic E-state index is 0.153. The molecule has 0 aromatic heterocycles. The highest BCUT2D eigenvalue weighted by molar-refractivity contribution is 5.55. The van der Waals surface area contributed by atoms with Gasteiger partial charge in [0.25, 0.3) is 0 Å². The van der Waals surface area contributed by atoms with Crippen LogP contribution < -0.4 is 18.9 Å². The Labute approximate surface area is 189 Å². The van der Waals surface area contributed by atoms with Crippen molar-refractivity contribution in [1.82, 2.24) is 0 Å². The van der Waals surface area contributed by atoms with Crippen molar-refractivity contribution >= 4 is 0 Å². The van der Waals surface area contributed by atoms with Crippen molar-refractivity contribution < 1.29 is 63.8 Å². The molecule has 3 rings (SSSR count). The molecular formula is C20H30O13. The Morgan fingerprint density at radius 2 is 1.39 bits per heavy atom. The second kappa shape index (κ2) is 11.0. The first-order valence-electron chi connectivity index (χ1n) is 10.2. The van der Waals surface area contributed by atoms with Gasteiger partial charge in [0, 0.05) is 12.1 Å². The Morgan fingerprint density at radius 1 is 0.788 bits per heavy atom. The lowest BCUT2D eigenvalue weighted by atomic mass is 9.99. The number of aliphatic hydroxyl groups is 6. The Morgan fingerprint density at radius 3 is 1.97 bits per heavy atom. The molecule has 0 unspecified atom stereocenters. The van der Waals surface area contributed by atoms with E-state index < -0.39 is 61.9 Å². The molecule has 1 aromatic carbocycles. The van der Waals surface area contributed by atoms with Gasteiger partial charge in [-0.2, -0.15) is 0 Å². The Kier molecular flexibility index (Phi) is 8.55. The molecule has 0 radical (unpaired) electrons. The summed E-state index contributed by atoms with van der Waals surface area (Å²) in [5.74, 6) is 1.03. The molecule has 13 heteroatoms. The highest BCUT2D eigenvalue weighted by atomic mass is 16.7. The lowest BCUT2D eigenvalue weighted by Crippen LogP contribution is -2.61.